The van der Waals surface area contributed by atoms with Crippen LogP contribution < -0.4 is 5.32 Å². The van der Waals surface area contributed by atoms with Crippen molar-refractivity contribution in [3.8, 4) is 11.8 Å². The fourth-order valence-corrected chi connectivity index (χ4v) is 3.02. The SMILES string of the molecule is Cc1ccc(C(=O)Nc2cc3n(n2)CCN(C)C3=O)cc1C#Cc1cccnc1. The number of carbonyl (C=O) groups is 2. The third kappa shape index (κ3) is 3.87. The lowest BCUT2D eigenvalue weighted by Gasteiger charge is -2.22. The Kier molecular flexibility index (Phi) is 4.83. The van der Waals surface area contributed by atoms with E-state index in [0.29, 0.717) is 30.2 Å². The van der Waals surface area contributed by atoms with Crippen LogP contribution in [0.3, 0.4) is 0 Å². The van der Waals surface area contributed by atoms with Gasteiger partial charge in [0.15, 0.2) is 5.82 Å². The van der Waals surface area contributed by atoms with Gasteiger partial charge in [0.05, 0.1) is 6.54 Å². The number of aryl methyl sites for hydroxylation is 1. The second-order valence-corrected chi connectivity index (χ2v) is 6.84. The molecule has 29 heavy (non-hydrogen) atoms. The van der Waals surface area contributed by atoms with Crippen molar-refractivity contribution in [3.05, 3.63) is 76.7 Å². The maximum atomic E-state index is 12.7. The molecule has 2 amide bonds. The number of nitrogens with zero attached hydrogens (tertiary/aromatic N) is 4. The minimum Gasteiger partial charge on any atom is -0.339 e. The fraction of sp³-hybridized carbons (Fsp3) is 0.182. The quantitative estimate of drug-likeness (QED) is 0.687. The summed E-state index contributed by atoms with van der Waals surface area (Å²) >= 11 is 0. The standard InChI is InChI=1S/C22H19N5O2/c1-15-5-7-18(12-17(15)8-6-16-4-3-9-23-14-16)21(28)24-20-13-19-22(29)26(2)10-11-27(19)25-20/h3-5,7,9,12-14H,10-11H2,1-2H3,(H,24,25,28). The molecular weight excluding hydrogens is 366 g/mol. The first-order valence-electron chi connectivity index (χ1n) is 9.18. The van der Waals surface area contributed by atoms with Gasteiger partial charge in [0.2, 0.25) is 0 Å². The van der Waals surface area contributed by atoms with Crippen LogP contribution in [-0.4, -0.2) is 45.1 Å². The van der Waals surface area contributed by atoms with Gasteiger partial charge in [-0.2, -0.15) is 5.10 Å². The van der Waals surface area contributed by atoms with Crippen molar-refractivity contribution in [2.24, 2.45) is 0 Å². The molecule has 144 valence electrons. The molecule has 3 heterocycles. The van der Waals surface area contributed by atoms with E-state index in [4.69, 9.17) is 0 Å². The predicted octanol–water partition coefficient (Wildman–Crippen LogP) is 2.32. The third-order valence-electron chi connectivity index (χ3n) is 4.74. The maximum absolute atomic E-state index is 12.7. The topological polar surface area (TPSA) is 80.1 Å². The molecule has 7 nitrogen and oxygen atoms in total. The highest BCUT2D eigenvalue weighted by atomic mass is 16.2. The number of amides is 2. The Hall–Kier alpha value is -3.92. The number of fused-ring (bicyclic) bond motifs is 1. The largest absolute Gasteiger partial charge is 0.339 e. The number of likely N-dealkylation sites (N-methyl/N-ethyl adjacent to an activating group) is 1. The summed E-state index contributed by atoms with van der Waals surface area (Å²) in [4.78, 5) is 30.6. The number of carbonyl (C=O) groups excluding carboxylic acids is 2. The van der Waals surface area contributed by atoms with E-state index in [-0.39, 0.29) is 11.8 Å². The van der Waals surface area contributed by atoms with Crippen molar-refractivity contribution in [1.82, 2.24) is 19.7 Å². The first kappa shape index (κ1) is 18.4. The zero-order chi connectivity index (χ0) is 20.4. The maximum Gasteiger partial charge on any atom is 0.272 e. The third-order valence-corrected chi connectivity index (χ3v) is 4.74. The first-order valence-corrected chi connectivity index (χ1v) is 9.18. The molecule has 0 bridgehead atoms. The molecule has 0 saturated heterocycles. The van der Waals surface area contributed by atoms with Crippen molar-refractivity contribution in [2.75, 3.05) is 18.9 Å². The van der Waals surface area contributed by atoms with Crippen molar-refractivity contribution < 1.29 is 9.59 Å². The predicted molar refractivity (Wildman–Crippen MR) is 109 cm³/mol. The zero-order valence-corrected chi connectivity index (χ0v) is 16.1. The van der Waals surface area contributed by atoms with Crippen molar-refractivity contribution in [1.29, 1.82) is 0 Å². The van der Waals surface area contributed by atoms with Crippen LogP contribution in [-0.2, 0) is 6.54 Å². The van der Waals surface area contributed by atoms with E-state index in [1.807, 2.05) is 25.1 Å². The number of hydrogen-bond acceptors (Lipinski definition) is 4. The minimum atomic E-state index is -0.300. The molecular formula is C22H19N5O2. The number of rotatable bonds is 2. The van der Waals surface area contributed by atoms with Crippen molar-refractivity contribution in [2.45, 2.75) is 13.5 Å². The number of benzene rings is 1. The average molecular weight is 385 g/mol. The van der Waals surface area contributed by atoms with Gasteiger partial charge in [0, 0.05) is 48.7 Å². The van der Waals surface area contributed by atoms with Gasteiger partial charge in [-0.3, -0.25) is 19.3 Å². The molecule has 2 aromatic heterocycles. The minimum absolute atomic E-state index is 0.104. The number of nitrogens with one attached hydrogen (secondary N) is 1. The average Bonchev–Trinajstić information content (AvgIpc) is 3.14. The Morgan fingerprint density at radius 2 is 2.03 bits per heavy atom. The molecule has 0 spiro atoms. The lowest BCUT2D eigenvalue weighted by molar-refractivity contribution is 0.0742. The summed E-state index contributed by atoms with van der Waals surface area (Å²) in [6, 6.07) is 10.7. The van der Waals surface area contributed by atoms with Crippen LogP contribution in [0.4, 0.5) is 5.82 Å². The summed E-state index contributed by atoms with van der Waals surface area (Å²) in [7, 11) is 1.75. The van der Waals surface area contributed by atoms with Crippen LogP contribution in [0.25, 0.3) is 0 Å². The summed E-state index contributed by atoms with van der Waals surface area (Å²) < 4.78 is 1.62. The highest BCUT2D eigenvalue weighted by Gasteiger charge is 2.24. The van der Waals surface area contributed by atoms with Gasteiger partial charge in [-0.25, -0.2) is 0 Å². The second kappa shape index (κ2) is 7.60. The van der Waals surface area contributed by atoms with Gasteiger partial charge in [-0.05, 0) is 36.8 Å². The highest BCUT2D eigenvalue weighted by Crippen LogP contribution is 2.17. The molecule has 1 N–H and O–H groups in total. The van der Waals surface area contributed by atoms with Crippen LogP contribution in [0, 0.1) is 18.8 Å². The molecule has 1 aromatic carbocycles. The molecule has 7 heteroatoms. The van der Waals surface area contributed by atoms with Crippen molar-refractivity contribution in [3.63, 3.8) is 0 Å². The van der Waals surface area contributed by atoms with E-state index in [1.54, 1.807) is 47.2 Å². The summed E-state index contributed by atoms with van der Waals surface area (Å²) in [6.45, 7) is 3.14. The normalized spacial score (nSPS) is 12.8. The van der Waals surface area contributed by atoms with Gasteiger partial charge in [0.25, 0.3) is 11.8 Å². The Bertz CT molecular complexity index is 1150. The first-order chi connectivity index (χ1) is 14.0. The molecule has 0 radical (unpaired) electrons. The highest BCUT2D eigenvalue weighted by molar-refractivity contribution is 6.04. The summed E-state index contributed by atoms with van der Waals surface area (Å²) in [5, 5.41) is 7.09. The molecule has 0 unspecified atom stereocenters. The van der Waals surface area contributed by atoms with Gasteiger partial charge < -0.3 is 10.2 Å². The summed E-state index contributed by atoms with van der Waals surface area (Å²) in [6.07, 6.45) is 3.39. The molecule has 0 fully saturated rings. The fourth-order valence-electron chi connectivity index (χ4n) is 3.02. The van der Waals surface area contributed by atoms with E-state index < -0.39 is 0 Å². The van der Waals surface area contributed by atoms with Gasteiger partial charge in [-0.15, -0.1) is 0 Å². The zero-order valence-electron chi connectivity index (χ0n) is 16.1. The molecule has 3 aromatic rings. The Morgan fingerprint density at radius 3 is 2.83 bits per heavy atom. The lowest BCUT2D eigenvalue weighted by atomic mass is 10.0. The number of hydrogen-bond donors (Lipinski definition) is 1. The van der Waals surface area contributed by atoms with E-state index >= 15 is 0 Å². The van der Waals surface area contributed by atoms with E-state index in [0.717, 1.165) is 16.7 Å². The van der Waals surface area contributed by atoms with E-state index in [9.17, 15) is 9.59 Å². The van der Waals surface area contributed by atoms with E-state index in [2.05, 4.69) is 27.2 Å². The Morgan fingerprint density at radius 1 is 1.17 bits per heavy atom. The molecule has 1 aliphatic heterocycles. The van der Waals surface area contributed by atoms with Crippen LogP contribution in [0.2, 0.25) is 0 Å². The molecule has 0 aliphatic carbocycles. The Balaban J connectivity index is 1.55. The smallest absolute Gasteiger partial charge is 0.272 e. The number of pyridine rings is 1. The van der Waals surface area contributed by atoms with Crippen molar-refractivity contribution >= 4 is 17.6 Å². The summed E-state index contributed by atoms with van der Waals surface area (Å²) in [5.74, 6) is 6.11. The van der Waals surface area contributed by atoms with E-state index in [1.165, 1.54) is 0 Å². The second-order valence-electron chi connectivity index (χ2n) is 6.84. The van der Waals surface area contributed by atoms with Gasteiger partial charge in [0.1, 0.15) is 5.69 Å². The van der Waals surface area contributed by atoms with Crippen LogP contribution >= 0.6 is 0 Å². The van der Waals surface area contributed by atoms with Crippen LogP contribution in [0.5, 0.6) is 0 Å². The molecule has 0 atom stereocenters. The Labute approximate surface area is 168 Å². The summed E-state index contributed by atoms with van der Waals surface area (Å²) in [5.41, 5.74) is 3.49. The molecule has 4 rings (SSSR count). The number of anilines is 1. The lowest BCUT2D eigenvalue weighted by Crippen LogP contribution is -2.37. The monoisotopic (exact) mass is 385 g/mol. The van der Waals surface area contributed by atoms with Gasteiger partial charge in [-0.1, -0.05) is 17.9 Å². The van der Waals surface area contributed by atoms with Crippen LogP contribution in [0.15, 0.2) is 48.8 Å². The number of aromatic nitrogens is 3. The van der Waals surface area contributed by atoms with Gasteiger partial charge >= 0.3 is 0 Å². The molecule has 1 aliphatic rings. The molecule has 0 saturated carbocycles. The van der Waals surface area contributed by atoms with Crippen LogP contribution in [0.1, 0.15) is 37.5 Å².